The van der Waals surface area contributed by atoms with Crippen molar-refractivity contribution in [1.29, 1.82) is 0 Å². The van der Waals surface area contributed by atoms with Crippen LogP contribution in [0, 0.1) is 0 Å². The molecule has 3 aromatic carbocycles. The van der Waals surface area contributed by atoms with Gasteiger partial charge in [-0.2, -0.15) is 0 Å². The van der Waals surface area contributed by atoms with Gasteiger partial charge in [-0.15, -0.1) is 12.4 Å². The molecule has 3 nitrogen and oxygen atoms in total. The maximum Gasteiger partial charge on any atom is 0.255 e. The van der Waals surface area contributed by atoms with Crippen LogP contribution in [-0.2, 0) is 0 Å². The molecule has 1 saturated heterocycles. The third-order valence-corrected chi connectivity index (χ3v) is 5.92. The predicted molar refractivity (Wildman–Crippen MR) is 126 cm³/mol. The number of rotatable bonds is 4. The van der Waals surface area contributed by atoms with Crippen molar-refractivity contribution in [2.24, 2.45) is 0 Å². The van der Waals surface area contributed by atoms with E-state index in [9.17, 15) is 4.79 Å². The maximum atomic E-state index is 13.0. The van der Waals surface area contributed by atoms with Crippen LogP contribution < -0.4 is 0 Å². The van der Waals surface area contributed by atoms with E-state index in [1.165, 1.54) is 11.1 Å². The molecule has 0 unspecified atom stereocenters. The first kappa shape index (κ1) is 22.6. The van der Waals surface area contributed by atoms with Crippen LogP contribution in [0.25, 0.3) is 0 Å². The molecule has 0 radical (unpaired) electrons. The van der Waals surface area contributed by atoms with E-state index in [0.717, 1.165) is 13.1 Å². The number of benzene rings is 3. The van der Waals surface area contributed by atoms with Crippen LogP contribution in [0.15, 0.2) is 78.9 Å². The third-order valence-electron chi connectivity index (χ3n) is 5.36. The fourth-order valence-electron chi connectivity index (χ4n) is 3.90. The van der Waals surface area contributed by atoms with Gasteiger partial charge in [-0.1, -0.05) is 83.9 Å². The molecule has 1 aliphatic rings. The van der Waals surface area contributed by atoms with Gasteiger partial charge >= 0.3 is 0 Å². The minimum atomic E-state index is -0.0619. The number of hydrogen-bond acceptors (Lipinski definition) is 2. The van der Waals surface area contributed by atoms with Crippen LogP contribution in [0.5, 0.6) is 0 Å². The smallest absolute Gasteiger partial charge is 0.255 e. The summed E-state index contributed by atoms with van der Waals surface area (Å²) in [7, 11) is 0. The number of hydrogen-bond donors (Lipinski definition) is 0. The molecule has 6 heteroatoms. The lowest BCUT2D eigenvalue weighted by Gasteiger charge is -2.40. The van der Waals surface area contributed by atoms with E-state index in [4.69, 9.17) is 23.2 Å². The van der Waals surface area contributed by atoms with Gasteiger partial charge in [-0.3, -0.25) is 9.69 Å². The molecule has 3 aromatic rings. The Labute approximate surface area is 193 Å². The molecule has 0 spiro atoms. The summed E-state index contributed by atoms with van der Waals surface area (Å²) < 4.78 is 0. The number of carbonyl (C=O) groups excluding carboxylic acids is 1. The van der Waals surface area contributed by atoms with Gasteiger partial charge in [0.15, 0.2) is 0 Å². The predicted octanol–water partition coefficient (Wildman–Crippen LogP) is 5.96. The molecule has 0 saturated carbocycles. The van der Waals surface area contributed by atoms with Crippen molar-refractivity contribution < 1.29 is 4.79 Å². The molecule has 0 N–H and O–H groups in total. The Morgan fingerprint density at radius 1 is 0.767 bits per heavy atom. The first-order valence-electron chi connectivity index (χ1n) is 9.72. The van der Waals surface area contributed by atoms with E-state index in [-0.39, 0.29) is 24.4 Å². The second-order valence-electron chi connectivity index (χ2n) is 7.18. The van der Waals surface area contributed by atoms with Gasteiger partial charge in [0, 0.05) is 31.2 Å². The molecule has 0 bridgehead atoms. The number of carbonyl (C=O) groups is 1. The summed E-state index contributed by atoms with van der Waals surface area (Å²) in [6.07, 6.45) is 0. The Hall–Kier alpha value is -2.04. The molecule has 1 heterocycles. The zero-order valence-electron chi connectivity index (χ0n) is 16.4. The quantitative estimate of drug-likeness (QED) is 0.478. The van der Waals surface area contributed by atoms with Gasteiger partial charge < -0.3 is 4.90 Å². The standard InChI is InChI=1S/C24H22Cl2N2O.ClH/c25-20-11-12-22(26)21(17-20)24(29)28-15-13-27(14-16-28)23(18-7-3-1-4-8-18)19-9-5-2-6-10-19;/h1-12,17,23H,13-16H2;1H. The summed E-state index contributed by atoms with van der Waals surface area (Å²) >= 11 is 12.3. The first-order chi connectivity index (χ1) is 14.1. The molecule has 30 heavy (non-hydrogen) atoms. The van der Waals surface area contributed by atoms with Crippen LogP contribution in [0.4, 0.5) is 0 Å². The van der Waals surface area contributed by atoms with Crippen LogP contribution in [0.2, 0.25) is 10.0 Å². The van der Waals surface area contributed by atoms with E-state index in [2.05, 4.69) is 53.4 Å². The first-order valence-corrected chi connectivity index (χ1v) is 10.5. The average Bonchev–Trinajstić information content (AvgIpc) is 2.77. The summed E-state index contributed by atoms with van der Waals surface area (Å²) in [5.41, 5.74) is 2.99. The van der Waals surface area contributed by atoms with Crippen molar-refractivity contribution in [2.45, 2.75) is 6.04 Å². The van der Waals surface area contributed by atoms with Crippen LogP contribution in [0.1, 0.15) is 27.5 Å². The topological polar surface area (TPSA) is 23.6 Å². The fraction of sp³-hybridized carbons (Fsp3) is 0.208. The van der Waals surface area contributed by atoms with Gasteiger partial charge in [-0.05, 0) is 29.3 Å². The second-order valence-corrected chi connectivity index (χ2v) is 8.02. The van der Waals surface area contributed by atoms with E-state index in [0.29, 0.717) is 28.7 Å². The molecular formula is C24H23Cl3N2O. The molecule has 1 fully saturated rings. The number of halogens is 3. The van der Waals surface area contributed by atoms with Crippen molar-refractivity contribution in [3.05, 3.63) is 106 Å². The Kier molecular flexibility index (Phi) is 7.79. The van der Waals surface area contributed by atoms with E-state index >= 15 is 0 Å². The van der Waals surface area contributed by atoms with Crippen LogP contribution in [0.3, 0.4) is 0 Å². The monoisotopic (exact) mass is 460 g/mol. The highest BCUT2D eigenvalue weighted by molar-refractivity contribution is 6.35. The van der Waals surface area contributed by atoms with Crippen molar-refractivity contribution in [3.63, 3.8) is 0 Å². The molecular weight excluding hydrogens is 439 g/mol. The van der Waals surface area contributed by atoms with Gasteiger partial charge in [-0.25, -0.2) is 0 Å². The Morgan fingerprint density at radius 2 is 1.30 bits per heavy atom. The van der Waals surface area contributed by atoms with Crippen molar-refractivity contribution in [3.8, 4) is 0 Å². The zero-order chi connectivity index (χ0) is 20.2. The minimum absolute atomic E-state index is 0. The second kappa shape index (κ2) is 10.3. The Bertz CT molecular complexity index is 935. The lowest BCUT2D eigenvalue weighted by Crippen LogP contribution is -2.49. The summed E-state index contributed by atoms with van der Waals surface area (Å²) in [5.74, 6) is -0.0619. The number of piperazine rings is 1. The van der Waals surface area contributed by atoms with E-state index in [1.807, 2.05) is 17.0 Å². The van der Waals surface area contributed by atoms with Gasteiger partial charge in [0.05, 0.1) is 16.6 Å². The van der Waals surface area contributed by atoms with E-state index < -0.39 is 0 Å². The highest BCUT2D eigenvalue weighted by Gasteiger charge is 2.29. The summed E-state index contributed by atoms with van der Waals surface area (Å²) in [6.45, 7) is 2.88. The summed E-state index contributed by atoms with van der Waals surface area (Å²) in [6, 6.07) is 26.2. The van der Waals surface area contributed by atoms with Gasteiger partial charge in [0.25, 0.3) is 5.91 Å². The summed E-state index contributed by atoms with van der Waals surface area (Å²) in [4.78, 5) is 17.3. The lowest BCUT2D eigenvalue weighted by atomic mass is 9.96. The number of amides is 1. The molecule has 4 rings (SSSR count). The highest BCUT2D eigenvalue weighted by Crippen LogP contribution is 2.30. The largest absolute Gasteiger partial charge is 0.336 e. The number of nitrogens with zero attached hydrogens (tertiary/aromatic N) is 2. The Balaban J connectivity index is 0.00000256. The van der Waals surface area contributed by atoms with E-state index in [1.54, 1.807) is 18.2 Å². The molecule has 156 valence electrons. The normalized spacial score (nSPS) is 14.4. The average molecular weight is 462 g/mol. The van der Waals surface area contributed by atoms with Crippen LogP contribution in [-0.4, -0.2) is 41.9 Å². The maximum absolute atomic E-state index is 13.0. The summed E-state index contributed by atoms with van der Waals surface area (Å²) in [5, 5.41) is 0.956. The fourth-order valence-corrected chi connectivity index (χ4v) is 4.27. The molecule has 0 aliphatic carbocycles. The molecule has 1 aliphatic heterocycles. The Morgan fingerprint density at radius 3 is 1.83 bits per heavy atom. The van der Waals surface area contributed by atoms with Crippen LogP contribution >= 0.6 is 35.6 Å². The molecule has 1 amide bonds. The van der Waals surface area contributed by atoms with Gasteiger partial charge in [0.2, 0.25) is 0 Å². The molecule has 0 atom stereocenters. The van der Waals surface area contributed by atoms with Gasteiger partial charge in [0.1, 0.15) is 0 Å². The SMILES string of the molecule is Cl.O=C(c1cc(Cl)ccc1Cl)N1CCN(C(c2ccccc2)c2ccccc2)CC1. The third kappa shape index (κ3) is 4.98. The lowest BCUT2D eigenvalue weighted by molar-refractivity contribution is 0.0597. The van der Waals surface area contributed by atoms with Crippen molar-refractivity contribution >= 4 is 41.5 Å². The highest BCUT2D eigenvalue weighted by atomic mass is 35.5. The molecule has 0 aromatic heterocycles. The minimum Gasteiger partial charge on any atom is -0.336 e. The zero-order valence-corrected chi connectivity index (χ0v) is 18.7. The van der Waals surface area contributed by atoms with Crippen molar-refractivity contribution in [2.75, 3.05) is 26.2 Å². The van der Waals surface area contributed by atoms with Crippen molar-refractivity contribution in [1.82, 2.24) is 9.80 Å².